The molecule has 0 spiro atoms. The molecule has 3 heteroatoms. The van der Waals surface area contributed by atoms with E-state index >= 15 is 0 Å². The van der Waals surface area contributed by atoms with Gasteiger partial charge in [0.05, 0.1) is 6.10 Å². The average Bonchev–Trinajstić information content (AvgIpc) is 2.08. The lowest BCUT2D eigenvalue weighted by Crippen LogP contribution is -2.47. The zero-order valence-corrected chi connectivity index (χ0v) is 9.66. The van der Waals surface area contributed by atoms with Crippen LogP contribution in [0.5, 0.6) is 0 Å². The second-order valence-electron chi connectivity index (χ2n) is 5.28. The minimum atomic E-state index is -0.0790. The zero-order chi connectivity index (χ0) is 10.8. The van der Waals surface area contributed by atoms with Crippen molar-refractivity contribution in [2.45, 2.75) is 45.8 Å². The van der Waals surface area contributed by atoms with Crippen LogP contribution < -0.4 is 5.73 Å². The third-order valence-electron chi connectivity index (χ3n) is 3.42. The first-order valence-corrected chi connectivity index (χ1v) is 5.58. The normalized spacial score (nSPS) is 23.8. The first-order valence-electron chi connectivity index (χ1n) is 5.58. The molecule has 0 aliphatic carbocycles. The maximum Gasteiger partial charge on any atom is 0.0564 e. The molecule has 1 rings (SSSR count). The van der Waals surface area contributed by atoms with E-state index < -0.39 is 0 Å². The quantitative estimate of drug-likeness (QED) is 0.709. The highest BCUT2D eigenvalue weighted by atomic mass is 16.3. The van der Waals surface area contributed by atoms with Crippen molar-refractivity contribution in [1.29, 1.82) is 0 Å². The van der Waals surface area contributed by atoms with Gasteiger partial charge in [0, 0.05) is 25.7 Å². The number of likely N-dealkylation sites (tertiary alicyclic amines) is 1. The van der Waals surface area contributed by atoms with Crippen molar-refractivity contribution in [3.05, 3.63) is 0 Å². The molecule has 1 saturated heterocycles. The van der Waals surface area contributed by atoms with Gasteiger partial charge < -0.3 is 15.7 Å². The molecular formula is C11H24N2O. The molecule has 14 heavy (non-hydrogen) atoms. The first-order chi connectivity index (χ1) is 6.42. The van der Waals surface area contributed by atoms with Crippen molar-refractivity contribution in [2.24, 2.45) is 11.1 Å². The van der Waals surface area contributed by atoms with Gasteiger partial charge in [0.25, 0.3) is 0 Å². The number of hydrogen-bond donors (Lipinski definition) is 2. The molecule has 0 aromatic rings. The third-order valence-corrected chi connectivity index (χ3v) is 3.42. The lowest BCUT2D eigenvalue weighted by molar-refractivity contribution is 0.0591. The topological polar surface area (TPSA) is 49.5 Å². The Morgan fingerprint density at radius 3 is 2.36 bits per heavy atom. The van der Waals surface area contributed by atoms with E-state index in [1.807, 2.05) is 0 Å². The van der Waals surface area contributed by atoms with E-state index in [-0.39, 0.29) is 17.6 Å². The number of piperidine rings is 1. The molecule has 0 bridgehead atoms. The van der Waals surface area contributed by atoms with Crippen LogP contribution in [0.2, 0.25) is 0 Å². The second-order valence-corrected chi connectivity index (χ2v) is 5.28. The number of rotatable bonds is 3. The molecule has 0 aromatic carbocycles. The van der Waals surface area contributed by atoms with Gasteiger partial charge in [-0.05, 0) is 25.2 Å². The number of aliphatic hydroxyl groups is 1. The van der Waals surface area contributed by atoms with E-state index in [1.54, 1.807) is 0 Å². The Morgan fingerprint density at radius 2 is 1.93 bits per heavy atom. The molecule has 1 fully saturated rings. The van der Waals surface area contributed by atoms with Crippen LogP contribution in [-0.2, 0) is 0 Å². The molecular weight excluding hydrogens is 176 g/mol. The van der Waals surface area contributed by atoms with Crippen molar-refractivity contribution in [1.82, 2.24) is 4.90 Å². The van der Waals surface area contributed by atoms with Crippen LogP contribution in [0.25, 0.3) is 0 Å². The molecule has 1 atom stereocenters. The van der Waals surface area contributed by atoms with E-state index in [0.29, 0.717) is 0 Å². The van der Waals surface area contributed by atoms with Gasteiger partial charge in [0.2, 0.25) is 0 Å². The fourth-order valence-corrected chi connectivity index (χ4v) is 1.80. The molecule has 1 unspecified atom stereocenters. The molecule has 3 nitrogen and oxygen atoms in total. The van der Waals surface area contributed by atoms with Crippen molar-refractivity contribution in [3.8, 4) is 0 Å². The Morgan fingerprint density at radius 1 is 1.43 bits per heavy atom. The van der Waals surface area contributed by atoms with Crippen molar-refractivity contribution in [3.63, 3.8) is 0 Å². The predicted molar refractivity (Wildman–Crippen MR) is 59.1 cm³/mol. The van der Waals surface area contributed by atoms with Crippen LogP contribution in [-0.4, -0.2) is 41.8 Å². The summed E-state index contributed by atoms with van der Waals surface area (Å²) in [5.74, 6) is 0. The fourth-order valence-electron chi connectivity index (χ4n) is 1.80. The molecule has 0 saturated carbocycles. The Hall–Kier alpha value is -0.120. The van der Waals surface area contributed by atoms with Crippen LogP contribution in [0, 0.1) is 5.41 Å². The average molecular weight is 200 g/mol. The molecule has 1 heterocycles. The fraction of sp³-hybridized carbons (Fsp3) is 1.00. The molecule has 1 aliphatic rings. The van der Waals surface area contributed by atoms with Gasteiger partial charge in [-0.25, -0.2) is 0 Å². The minimum Gasteiger partial charge on any atom is -0.393 e. The van der Waals surface area contributed by atoms with Gasteiger partial charge in [0.15, 0.2) is 0 Å². The summed E-state index contributed by atoms with van der Waals surface area (Å²) < 4.78 is 0. The van der Waals surface area contributed by atoms with Gasteiger partial charge in [-0.1, -0.05) is 13.8 Å². The summed E-state index contributed by atoms with van der Waals surface area (Å²) in [6.07, 6.45) is 1.74. The lowest BCUT2D eigenvalue weighted by atomic mass is 9.85. The predicted octanol–water partition coefficient (Wildman–Crippen LogP) is 0.816. The van der Waals surface area contributed by atoms with Crippen LogP contribution in [0.4, 0.5) is 0 Å². The highest BCUT2D eigenvalue weighted by Crippen LogP contribution is 2.22. The number of nitrogens with zero attached hydrogens (tertiary/aromatic N) is 1. The summed E-state index contributed by atoms with van der Waals surface area (Å²) in [4.78, 5) is 2.41. The Balaban J connectivity index is 2.37. The maximum absolute atomic E-state index is 9.38. The van der Waals surface area contributed by atoms with E-state index in [0.717, 1.165) is 32.5 Å². The molecule has 1 aliphatic heterocycles. The summed E-state index contributed by atoms with van der Waals surface area (Å²) >= 11 is 0. The van der Waals surface area contributed by atoms with Gasteiger partial charge in [0.1, 0.15) is 0 Å². The number of nitrogens with two attached hydrogens (primary N) is 1. The van der Waals surface area contributed by atoms with Gasteiger partial charge >= 0.3 is 0 Å². The van der Waals surface area contributed by atoms with Crippen LogP contribution in [0.15, 0.2) is 0 Å². The van der Waals surface area contributed by atoms with Crippen LogP contribution >= 0.6 is 0 Å². The van der Waals surface area contributed by atoms with Crippen molar-refractivity contribution in [2.75, 3.05) is 19.6 Å². The second kappa shape index (κ2) is 4.60. The largest absolute Gasteiger partial charge is 0.393 e. The molecule has 0 amide bonds. The Kier molecular flexibility index (Phi) is 3.93. The van der Waals surface area contributed by atoms with Crippen molar-refractivity contribution >= 4 is 0 Å². The SMILES string of the molecule is CC(N)C(C)(C)CN1CCC(O)CC1. The maximum atomic E-state index is 9.38. The number of aliphatic hydroxyl groups excluding tert-OH is 1. The zero-order valence-electron chi connectivity index (χ0n) is 9.66. The summed E-state index contributed by atoms with van der Waals surface area (Å²) in [5.41, 5.74) is 6.11. The van der Waals surface area contributed by atoms with E-state index in [9.17, 15) is 5.11 Å². The highest BCUT2D eigenvalue weighted by molar-refractivity contribution is 4.83. The van der Waals surface area contributed by atoms with E-state index in [1.165, 1.54) is 0 Å². The molecule has 0 radical (unpaired) electrons. The Bertz CT molecular complexity index is 172. The Labute approximate surface area is 87.3 Å². The van der Waals surface area contributed by atoms with E-state index in [2.05, 4.69) is 25.7 Å². The third kappa shape index (κ3) is 3.23. The monoisotopic (exact) mass is 200 g/mol. The van der Waals surface area contributed by atoms with Crippen LogP contribution in [0.3, 0.4) is 0 Å². The molecule has 0 aromatic heterocycles. The summed E-state index contributed by atoms with van der Waals surface area (Å²) in [6, 6.07) is 0.217. The standard InChI is InChI=1S/C11H24N2O/c1-9(12)11(2,3)8-13-6-4-10(14)5-7-13/h9-10,14H,4-8,12H2,1-3H3. The first kappa shape index (κ1) is 12.0. The summed E-state index contributed by atoms with van der Waals surface area (Å²) in [7, 11) is 0. The van der Waals surface area contributed by atoms with Gasteiger partial charge in [-0.15, -0.1) is 0 Å². The summed E-state index contributed by atoms with van der Waals surface area (Å²) in [5, 5.41) is 9.38. The molecule has 84 valence electrons. The minimum absolute atomic E-state index is 0.0790. The van der Waals surface area contributed by atoms with Gasteiger partial charge in [-0.2, -0.15) is 0 Å². The smallest absolute Gasteiger partial charge is 0.0564 e. The summed E-state index contributed by atoms with van der Waals surface area (Å²) in [6.45, 7) is 9.55. The van der Waals surface area contributed by atoms with Gasteiger partial charge in [-0.3, -0.25) is 0 Å². The van der Waals surface area contributed by atoms with Crippen molar-refractivity contribution < 1.29 is 5.11 Å². The molecule has 3 N–H and O–H groups in total. The van der Waals surface area contributed by atoms with E-state index in [4.69, 9.17) is 5.73 Å². The number of hydrogen-bond acceptors (Lipinski definition) is 3. The lowest BCUT2D eigenvalue weighted by Gasteiger charge is -2.38. The van der Waals surface area contributed by atoms with Crippen LogP contribution in [0.1, 0.15) is 33.6 Å². The highest BCUT2D eigenvalue weighted by Gasteiger charge is 2.27.